The van der Waals surface area contributed by atoms with Crippen molar-refractivity contribution in [2.45, 2.75) is 20.3 Å². The molecule has 2 rings (SSSR count). The second-order valence-electron chi connectivity index (χ2n) is 5.14. The summed E-state index contributed by atoms with van der Waals surface area (Å²) >= 11 is 1.33. The van der Waals surface area contributed by atoms with Crippen LogP contribution in [0.1, 0.15) is 24.4 Å². The maximum Gasteiger partial charge on any atom is 0.413 e. The average molecular weight is 321 g/mol. The zero-order valence-electron chi connectivity index (χ0n) is 12.8. The Morgan fingerprint density at radius 1 is 1.27 bits per heavy atom. The number of nitrogens with zero attached hydrogens (tertiary/aromatic N) is 2. The molecule has 0 spiro atoms. The number of ether oxygens (including phenoxy) is 2. The lowest BCUT2D eigenvalue weighted by Gasteiger charge is -2.06. The lowest BCUT2D eigenvalue weighted by molar-refractivity contribution is 0.147. The summed E-state index contributed by atoms with van der Waals surface area (Å²) in [5.41, 5.74) is 1.10. The summed E-state index contributed by atoms with van der Waals surface area (Å²) in [4.78, 5) is 11.5. The monoisotopic (exact) mass is 321 g/mol. The summed E-state index contributed by atoms with van der Waals surface area (Å²) in [6.45, 7) is 4.33. The Bertz CT molecular complexity index is 611. The lowest BCUT2D eigenvalue weighted by atomic mass is 10.1. The number of methoxy groups -OCH3 is 1. The molecule has 0 aliphatic heterocycles. The summed E-state index contributed by atoms with van der Waals surface area (Å²) in [5, 5.41) is 11.9. The van der Waals surface area contributed by atoms with Crippen LogP contribution in [0.4, 0.5) is 9.93 Å². The lowest BCUT2D eigenvalue weighted by Crippen LogP contribution is -2.16. The fourth-order valence-corrected chi connectivity index (χ4v) is 2.42. The van der Waals surface area contributed by atoms with E-state index >= 15 is 0 Å². The molecule has 1 heterocycles. The van der Waals surface area contributed by atoms with Crippen LogP contribution >= 0.6 is 11.3 Å². The third-order valence-corrected chi connectivity index (χ3v) is 3.58. The highest BCUT2D eigenvalue weighted by Gasteiger charge is 2.10. The van der Waals surface area contributed by atoms with Crippen molar-refractivity contribution in [1.82, 2.24) is 10.2 Å². The molecule has 0 bridgehead atoms. The summed E-state index contributed by atoms with van der Waals surface area (Å²) in [5.74, 6) is 1.11. The van der Waals surface area contributed by atoms with Crippen molar-refractivity contribution >= 4 is 22.6 Å². The van der Waals surface area contributed by atoms with E-state index in [1.165, 1.54) is 11.3 Å². The number of nitrogens with one attached hydrogen (secondary N) is 1. The van der Waals surface area contributed by atoms with Gasteiger partial charge in [-0.15, -0.1) is 10.2 Å². The molecule has 118 valence electrons. The standard InChI is InChI=1S/C15H19N3O3S/c1-10(2)9-21-15(19)16-14-18-17-13(22-14)8-11-4-6-12(20-3)7-5-11/h4-7,10H,8-9H2,1-3H3,(H,16,18,19). The van der Waals surface area contributed by atoms with Gasteiger partial charge in [0, 0.05) is 6.42 Å². The second kappa shape index (κ2) is 7.74. The molecular weight excluding hydrogens is 302 g/mol. The van der Waals surface area contributed by atoms with Crippen LogP contribution in [0.5, 0.6) is 5.75 Å². The van der Waals surface area contributed by atoms with Gasteiger partial charge in [0.1, 0.15) is 10.8 Å². The van der Waals surface area contributed by atoms with Gasteiger partial charge in [-0.1, -0.05) is 37.3 Å². The van der Waals surface area contributed by atoms with Crippen molar-refractivity contribution < 1.29 is 14.3 Å². The van der Waals surface area contributed by atoms with Gasteiger partial charge in [0.25, 0.3) is 0 Å². The molecule has 0 atom stereocenters. The van der Waals surface area contributed by atoms with E-state index in [0.29, 0.717) is 24.1 Å². The summed E-state index contributed by atoms with van der Waals surface area (Å²) in [7, 11) is 1.63. The highest BCUT2D eigenvalue weighted by molar-refractivity contribution is 7.15. The third-order valence-electron chi connectivity index (χ3n) is 2.74. The highest BCUT2D eigenvalue weighted by Crippen LogP contribution is 2.20. The highest BCUT2D eigenvalue weighted by atomic mass is 32.1. The number of hydrogen-bond donors (Lipinski definition) is 1. The molecule has 0 aliphatic carbocycles. The van der Waals surface area contributed by atoms with Crippen LogP contribution in [0.3, 0.4) is 0 Å². The Morgan fingerprint density at radius 2 is 2.00 bits per heavy atom. The molecule has 0 aliphatic rings. The fourth-order valence-electron chi connectivity index (χ4n) is 1.66. The molecule has 0 unspecified atom stereocenters. The van der Waals surface area contributed by atoms with Crippen molar-refractivity contribution in [2.75, 3.05) is 19.0 Å². The number of amides is 1. The smallest absolute Gasteiger partial charge is 0.413 e. The molecule has 1 aromatic carbocycles. The molecule has 22 heavy (non-hydrogen) atoms. The van der Waals surface area contributed by atoms with Crippen molar-refractivity contribution in [3.63, 3.8) is 0 Å². The van der Waals surface area contributed by atoms with E-state index in [9.17, 15) is 4.79 Å². The second-order valence-corrected chi connectivity index (χ2v) is 6.21. The van der Waals surface area contributed by atoms with Crippen LogP contribution in [-0.4, -0.2) is 30.0 Å². The van der Waals surface area contributed by atoms with Gasteiger partial charge < -0.3 is 9.47 Å². The van der Waals surface area contributed by atoms with E-state index < -0.39 is 6.09 Å². The first kappa shape index (κ1) is 16.2. The van der Waals surface area contributed by atoms with E-state index in [1.54, 1.807) is 7.11 Å². The Morgan fingerprint density at radius 3 is 2.64 bits per heavy atom. The normalized spacial score (nSPS) is 10.5. The summed E-state index contributed by atoms with van der Waals surface area (Å²) in [6.07, 6.45) is 0.158. The molecule has 1 aromatic heterocycles. The summed E-state index contributed by atoms with van der Waals surface area (Å²) < 4.78 is 10.2. The molecule has 6 nitrogen and oxygen atoms in total. The van der Waals surface area contributed by atoms with Crippen LogP contribution in [-0.2, 0) is 11.2 Å². The molecule has 0 saturated heterocycles. The minimum Gasteiger partial charge on any atom is -0.497 e. The van der Waals surface area contributed by atoms with Gasteiger partial charge >= 0.3 is 6.09 Å². The first-order chi connectivity index (χ1) is 10.6. The molecule has 1 N–H and O–H groups in total. The van der Waals surface area contributed by atoms with Crippen molar-refractivity contribution in [3.05, 3.63) is 34.8 Å². The van der Waals surface area contributed by atoms with Crippen molar-refractivity contribution in [3.8, 4) is 5.75 Å². The van der Waals surface area contributed by atoms with Crippen molar-refractivity contribution in [2.24, 2.45) is 5.92 Å². The molecule has 1 amide bonds. The predicted octanol–water partition coefficient (Wildman–Crippen LogP) is 3.34. The van der Waals surface area contributed by atoms with E-state index in [2.05, 4.69) is 15.5 Å². The molecular formula is C15H19N3O3S. The number of anilines is 1. The number of hydrogen-bond acceptors (Lipinski definition) is 6. The van der Waals surface area contributed by atoms with E-state index in [4.69, 9.17) is 9.47 Å². The zero-order chi connectivity index (χ0) is 15.9. The molecule has 0 saturated carbocycles. The van der Waals surface area contributed by atoms with Crippen LogP contribution in [0.2, 0.25) is 0 Å². The zero-order valence-corrected chi connectivity index (χ0v) is 13.6. The number of rotatable bonds is 6. The Labute approximate surface area is 133 Å². The first-order valence-electron chi connectivity index (χ1n) is 6.96. The molecule has 2 aromatic rings. The Kier molecular flexibility index (Phi) is 5.71. The number of aromatic nitrogens is 2. The van der Waals surface area contributed by atoms with Gasteiger partial charge in [0.15, 0.2) is 0 Å². The van der Waals surface area contributed by atoms with Gasteiger partial charge in [-0.25, -0.2) is 4.79 Å². The van der Waals surface area contributed by atoms with E-state index in [-0.39, 0.29) is 0 Å². The third kappa shape index (κ3) is 5.00. The summed E-state index contributed by atoms with van der Waals surface area (Å²) in [6, 6.07) is 7.76. The van der Waals surface area contributed by atoms with Crippen LogP contribution in [0.15, 0.2) is 24.3 Å². The number of benzene rings is 1. The van der Waals surface area contributed by atoms with E-state index in [1.807, 2.05) is 38.1 Å². The maximum absolute atomic E-state index is 11.5. The van der Waals surface area contributed by atoms with Gasteiger partial charge in [-0.2, -0.15) is 0 Å². The molecule has 0 fully saturated rings. The van der Waals surface area contributed by atoms with Crippen LogP contribution in [0.25, 0.3) is 0 Å². The SMILES string of the molecule is COc1ccc(Cc2nnc(NC(=O)OCC(C)C)s2)cc1. The predicted molar refractivity (Wildman–Crippen MR) is 85.5 cm³/mol. The van der Waals surface area contributed by atoms with E-state index in [0.717, 1.165) is 16.3 Å². The first-order valence-corrected chi connectivity index (χ1v) is 7.77. The van der Waals surface area contributed by atoms with Gasteiger partial charge in [0.2, 0.25) is 5.13 Å². The quantitative estimate of drug-likeness (QED) is 0.883. The van der Waals surface area contributed by atoms with Gasteiger partial charge in [0.05, 0.1) is 13.7 Å². The minimum atomic E-state index is -0.499. The van der Waals surface area contributed by atoms with Crippen LogP contribution in [0, 0.1) is 5.92 Å². The minimum absolute atomic E-state index is 0.297. The van der Waals surface area contributed by atoms with Crippen molar-refractivity contribution in [1.29, 1.82) is 0 Å². The average Bonchev–Trinajstić information content (AvgIpc) is 2.93. The fraction of sp³-hybridized carbons (Fsp3) is 0.400. The van der Waals surface area contributed by atoms with Gasteiger partial charge in [-0.3, -0.25) is 5.32 Å². The Hall–Kier alpha value is -2.15. The molecule has 0 radical (unpaired) electrons. The Balaban J connectivity index is 1.89. The van der Waals surface area contributed by atoms with Gasteiger partial charge in [-0.05, 0) is 23.6 Å². The maximum atomic E-state index is 11.5. The topological polar surface area (TPSA) is 73.3 Å². The largest absolute Gasteiger partial charge is 0.497 e. The van der Waals surface area contributed by atoms with Crippen LogP contribution < -0.4 is 10.1 Å². The molecule has 7 heteroatoms. The number of carbonyl (C=O) groups is 1. The number of carbonyl (C=O) groups excluding carboxylic acids is 1.